The third-order valence-electron chi connectivity index (χ3n) is 21.1. The number of rotatable bonds is 90. The first kappa shape index (κ1) is 106. The minimum Gasteiger partial charge on any atom is -0.462 e. The Morgan fingerprint density at radius 3 is 0.546 bits per heavy atom. The van der Waals surface area contributed by atoms with Gasteiger partial charge in [-0.25, -0.2) is 9.13 Å². The van der Waals surface area contributed by atoms with Gasteiger partial charge in [-0.1, -0.05) is 439 Å². The predicted molar refractivity (Wildman–Crippen MR) is 446 cm³/mol. The summed E-state index contributed by atoms with van der Waals surface area (Å²) in [6, 6.07) is 0. The maximum Gasteiger partial charge on any atom is 0.472 e. The topological polar surface area (TPSA) is 237 Å². The summed E-state index contributed by atoms with van der Waals surface area (Å²) in [7, 11) is -9.93. The van der Waals surface area contributed by atoms with Gasteiger partial charge >= 0.3 is 39.5 Å². The van der Waals surface area contributed by atoms with E-state index in [1.165, 1.54) is 321 Å². The molecule has 0 aromatic rings. The van der Waals surface area contributed by atoms with E-state index in [1.54, 1.807) is 0 Å². The number of hydrogen-bond acceptors (Lipinski definition) is 15. The molecule has 0 bridgehead atoms. The maximum atomic E-state index is 13.2. The molecular weight excluding hydrogens is 1400 g/mol. The summed E-state index contributed by atoms with van der Waals surface area (Å²) < 4.78 is 69.0. The van der Waals surface area contributed by atoms with Crippen molar-refractivity contribution in [1.29, 1.82) is 0 Å². The number of aliphatic hydroxyl groups is 1. The lowest BCUT2D eigenvalue weighted by Gasteiger charge is -2.21. The second-order valence-corrected chi connectivity index (χ2v) is 34.9. The van der Waals surface area contributed by atoms with E-state index in [0.29, 0.717) is 25.7 Å². The molecule has 0 aromatic carbocycles. The van der Waals surface area contributed by atoms with Crippen molar-refractivity contribution in [3.05, 3.63) is 0 Å². The molecule has 0 spiro atoms. The third-order valence-corrected chi connectivity index (χ3v) is 23.0. The number of unbranched alkanes of at least 4 members (excludes halogenated alkanes) is 64. The molecule has 5 atom stereocenters. The monoisotopic (exact) mass is 1580 g/mol. The molecule has 0 saturated carbocycles. The second-order valence-electron chi connectivity index (χ2n) is 32.0. The lowest BCUT2D eigenvalue weighted by atomic mass is 10.0. The number of carbonyl (C=O) groups is 4. The number of phosphoric ester groups is 2. The zero-order chi connectivity index (χ0) is 78.9. The fourth-order valence-corrected chi connectivity index (χ4v) is 15.6. The lowest BCUT2D eigenvalue weighted by Crippen LogP contribution is -2.30. The van der Waals surface area contributed by atoms with E-state index in [-0.39, 0.29) is 25.7 Å². The molecule has 0 radical (unpaired) electrons. The largest absolute Gasteiger partial charge is 0.472 e. The van der Waals surface area contributed by atoms with Crippen LogP contribution in [-0.4, -0.2) is 96.7 Å². The number of esters is 4. The van der Waals surface area contributed by atoms with Crippen LogP contribution < -0.4 is 0 Å². The van der Waals surface area contributed by atoms with Crippen LogP contribution in [0, 0.1) is 0 Å². The van der Waals surface area contributed by atoms with E-state index in [2.05, 4.69) is 27.7 Å². The second kappa shape index (κ2) is 83.0. The van der Waals surface area contributed by atoms with Crippen molar-refractivity contribution >= 4 is 39.5 Å². The van der Waals surface area contributed by atoms with Gasteiger partial charge in [0.25, 0.3) is 0 Å². The normalized spacial score (nSPS) is 13.7. The van der Waals surface area contributed by atoms with Gasteiger partial charge in [-0.3, -0.25) is 37.3 Å². The Morgan fingerprint density at radius 1 is 0.222 bits per heavy atom. The molecule has 0 aliphatic rings. The van der Waals surface area contributed by atoms with Gasteiger partial charge in [-0.15, -0.1) is 0 Å². The van der Waals surface area contributed by atoms with E-state index >= 15 is 0 Å². The Balaban J connectivity index is 5.22. The standard InChI is InChI=1S/C89H174O17P2/c1-5-9-13-17-21-25-29-33-35-37-39-41-42-44-46-48-52-56-60-64-68-72-76-89(94)106-85(80-100-87(92)74-70-66-62-58-54-51-47-45-43-40-38-36-34-30-26-22-18-14-10-6-2)82-104-108(97,98)102-78-83(90)77-101-107(95,96)103-81-84(105-88(93)75-71-67-63-59-55-50-32-28-24-20-16-12-8-4)79-99-86(91)73-69-65-61-57-53-49-31-27-23-19-15-11-7-3/h83-85,90H,5-82H2,1-4H3,(H,95,96)(H,97,98)/t83-,84+,85+/m0/s1. The summed E-state index contributed by atoms with van der Waals surface area (Å²) in [4.78, 5) is 73.3. The minimum absolute atomic E-state index is 0.109. The lowest BCUT2D eigenvalue weighted by molar-refractivity contribution is -0.161. The first-order chi connectivity index (χ1) is 52.7. The highest BCUT2D eigenvalue weighted by Gasteiger charge is 2.30. The van der Waals surface area contributed by atoms with Crippen molar-refractivity contribution in [2.24, 2.45) is 0 Å². The molecule has 642 valence electrons. The average molecular weight is 1580 g/mol. The number of phosphoric acid groups is 2. The Kier molecular flexibility index (Phi) is 81.5. The van der Waals surface area contributed by atoms with E-state index in [9.17, 15) is 43.2 Å². The first-order valence-electron chi connectivity index (χ1n) is 46.3. The summed E-state index contributed by atoms with van der Waals surface area (Å²) in [5.74, 6) is -2.09. The summed E-state index contributed by atoms with van der Waals surface area (Å²) >= 11 is 0. The molecule has 0 amide bonds. The van der Waals surface area contributed by atoms with Crippen LogP contribution in [0.3, 0.4) is 0 Å². The fourth-order valence-electron chi connectivity index (χ4n) is 14.1. The first-order valence-corrected chi connectivity index (χ1v) is 49.3. The molecule has 0 saturated heterocycles. The van der Waals surface area contributed by atoms with Gasteiger partial charge in [-0.2, -0.15) is 0 Å². The van der Waals surface area contributed by atoms with Crippen molar-refractivity contribution in [2.45, 2.75) is 508 Å². The summed E-state index contributed by atoms with van der Waals surface area (Å²) in [5, 5.41) is 10.7. The fraction of sp³-hybridized carbons (Fsp3) is 0.955. The van der Waals surface area contributed by atoms with Gasteiger partial charge in [0.1, 0.15) is 19.3 Å². The molecule has 0 heterocycles. The summed E-state index contributed by atoms with van der Waals surface area (Å²) in [6.07, 6.45) is 79.2. The molecule has 0 rings (SSSR count). The highest BCUT2D eigenvalue weighted by atomic mass is 31.2. The zero-order valence-electron chi connectivity index (χ0n) is 70.8. The number of aliphatic hydroxyl groups excluding tert-OH is 1. The van der Waals surface area contributed by atoms with Crippen LogP contribution in [0.2, 0.25) is 0 Å². The summed E-state index contributed by atoms with van der Waals surface area (Å²) in [5.41, 5.74) is 0. The molecule has 2 unspecified atom stereocenters. The van der Waals surface area contributed by atoms with E-state index in [0.717, 1.165) is 89.9 Å². The minimum atomic E-state index is -4.97. The molecule has 108 heavy (non-hydrogen) atoms. The third kappa shape index (κ3) is 82.1. The molecule has 19 heteroatoms. The molecule has 0 fully saturated rings. The Morgan fingerprint density at radius 2 is 0.370 bits per heavy atom. The smallest absolute Gasteiger partial charge is 0.462 e. The van der Waals surface area contributed by atoms with E-state index < -0.39 is 97.5 Å². The Hall–Kier alpha value is -1.94. The van der Waals surface area contributed by atoms with Gasteiger partial charge in [0, 0.05) is 25.7 Å². The highest BCUT2D eigenvalue weighted by molar-refractivity contribution is 7.47. The highest BCUT2D eigenvalue weighted by Crippen LogP contribution is 2.45. The van der Waals surface area contributed by atoms with Crippen LogP contribution in [0.5, 0.6) is 0 Å². The van der Waals surface area contributed by atoms with Crippen molar-refractivity contribution < 1.29 is 80.2 Å². The quantitative estimate of drug-likeness (QED) is 0.0222. The maximum absolute atomic E-state index is 13.2. The number of ether oxygens (including phenoxy) is 4. The van der Waals surface area contributed by atoms with E-state index in [4.69, 9.17) is 37.0 Å². The summed E-state index contributed by atoms with van der Waals surface area (Å²) in [6.45, 7) is 5.07. The van der Waals surface area contributed by atoms with Crippen LogP contribution in [0.15, 0.2) is 0 Å². The molecule has 3 N–H and O–H groups in total. The zero-order valence-corrected chi connectivity index (χ0v) is 72.6. The molecule has 0 aliphatic carbocycles. The number of carbonyl (C=O) groups excluding carboxylic acids is 4. The number of hydrogen-bond donors (Lipinski definition) is 3. The van der Waals surface area contributed by atoms with Crippen molar-refractivity contribution in [3.63, 3.8) is 0 Å². The van der Waals surface area contributed by atoms with Gasteiger partial charge in [0.05, 0.1) is 26.4 Å². The average Bonchev–Trinajstić information content (AvgIpc) is 0.903. The van der Waals surface area contributed by atoms with Gasteiger partial charge in [0.15, 0.2) is 12.2 Å². The molecule has 0 aromatic heterocycles. The van der Waals surface area contributed by atoms with Gasteiger partial charge in [-0.05, 0) is 25.7 Å². The molecule has 0 aliphatic heterocycles. The van der Waals surface area contributed by atoms with Crippen LogP contribution in [-0.2, 0) is 65.4 Å². The van der Waals surface area contributed by atoms with Crippen LogP contribution in [0.1, 0.15) is 490 Å². The SMILES string of the molecule is CCCCCCCCCCCCCCCCCCCCCCCCC(=O)O[C@H](COC(=O)CCCCCCCCCCCCCCCCCCCCCC)COP(=O)(O)OC[C@@H](O)COP(=O)(O)OC[C@@H](COC(=O)CCCCCCCCCCCCCCC)OC(=O)CCCCCCCCCCCCCCC. The predicted octanol–water partition coefficient (Wildman–Crippen LogP) is 27.7. The van der Waals surface area contributed by atoms with Crippen molar-refractivity contribution in [1.82, 2.24) is 0 Å². The van der Waals surface area contributed by atoms with Crippen molar-refractivity contribution in [2.75, 3.05) is 39.6 Å². The van der Waals surface area contributed by atoms with Gasteiger partial charge < -0.3 is 33.8 Å². The van der Waals surface area contributed by atoms with Crippen molar-refractivity contribution in [3.8, 4) is 0 Å². The Bertz CT molecular complexity index is 2030. The molecule has 17 nitrogen and oxygen atoms in total. The van der Waals surface area contributed by atoms with E-state index in [1.807, 2.05) is 0 Å². The van der Waals surface area contributed by atoms with Crippen LogP contribution in [0.4, 0.5) is 0 Å². The molecular formula is C89H174O17P2. The van der Waals surface area contributed by atoms with Gasteiger partial charge in [0.2, 0.25) is 0 Å². The van der Waals surface area contributed by atoms with Crippen LogP contribution in [0.25, 0.3) is 0 Å². The van der Waals surface area contributed by atoms with Crippen LogP contribution >= 0.6 is 15.6 Å². The Labute approximate surface area is 664 Å².